The highest BCUT2D eigenvalue weighted by molar-refractivity contribution is 9.10. The molecular weight excluding hydrogens is 992 g/mol. The highest BCUT2D eigenvalue weighted by atomic mass is 79.9. The molecule has 2 aromatic heterocycles. The summed E-state index contributed by atoms with van der Waals surface area (Å²) in [6.45, 7) is 17.7. The van der Waals surface area contributed by atoms with E-state index in [0.29, 0.717) is 47.6 Å². The van der Waals surface area contributed by atoms with Crippen molar-refractivity contribution in [3.63, 3.8) is 0 Å². The number of hydrogen-bond acceptors (Lipinski definition) is 13. The number of carbonyl (C=O) groups is 3. The first-order chi connectivity index (χ1) is 34.8. The lowest BCUT2D eigenvalue weighted by molar-refractivity contribution is -0.136. The van der Waals surface area contributed by atoms with Crippen LogP contribution in [0.4, 0.5) is 34.5 Å². The Morgan fingerprint density at radius 2 is 1.62 bits per heavy atom. The molecule has 5 aromatic rings. The summed E-state index contributed by atoms with van der Waals surface area (Å²) in [6, 6.07) is 18.7. The summed E-state index contributed by atoms with van der Waals surface area (Å²) in [5.41, 5.74) is 8.11. The number of halogens is 1. The second kappa shape index (κ2) is 20.8. The summed E-state index contributed by atoms with van der Waals surface area (Å²) in [4.78, 5) is 62.2. The van der Waals surface area contributed by atoms with E-state index < -0.39 is 24.5 Å². The molecule has 10 rings (SSSR count). The number of nitrogens with zero attached hydrogens (tertiary/aromatic N) is 7. The maximum absolute atomic E-state index is 14.6. The number of ether oxygens (including phenoxy) is 1. The molecule has 0 saturated carbocycles. The first-order valence-corrected chi connectivity index (χ1v) is 29.0. The second-order valence-corrected chi connectivity index (χ2v) is 24.6. The minimum Gasteiger partial charge on any atom is -0.492 e. The Morgan fingerprint density at radius 1 is 0.847 bits per heavy atom. The van der Waals surface area contributed by atoms with Crippen LogP contribution in [0, 0.1) is 0 Å². The summed E-state index contributed by atoms with van der Waals surface area (Å²) < 4.78 is 21.6. The van der Waals surface area contributed by atoms with Crippen LogP contribution in [0.3, 0.4) is 0 Å². The molecule has 7 heterocycles. The third kappa shape index (κ3) is 9.88. The normalized spacial score (nSPS) is 20.5. The van der Waals surface area contributed by atoms with Crippen LogP contribution < -0.4 is 35.8 Å². The van der Waals surface area contributed by atoms with Crippen LogP contribution in [0.1, 0.15) is 95.5 Å². The van der Waals surface area contributed by atoms with Gasteiger partial charge in [0.1, 0.15) is 24.8 Å². The van der Waals surface area contributed by atoms with E-state index in [1.165, 1.54) is 16.8 Å². The zero-order chi connectivity index (χ0) is 50.3. The molecule has 4 fully saturated rings. The Balaban J connectivity index is 0.764. The van der Waals surface area contributed by atoms with E-state index in [2.05, 4.69) is 102 Å². The average Bonchev–Trinajstić information content (AvgIpc) is 3.91. The van der Waals surface area contributed by atoms with Crippen LogP contribution >= 0.6 is 23.1 Å². The molecule has 1 atom stereocenters. The predicted octanol–water partition coefficient (Wildman–Crippen LogP) is 8.84. The van der Waals surface area contributed by atoms with E-state index in [4.69, 9.17) is 14.7 Å². The molecule has 5 aliphatic rings. The van der Waals surface area contributed by atoms with Crippen molar-refractivity contribution in [1.29, 1.82) is 0 Å². The molecular formula is C55H68BrN10O5P. The number of benzene rings is 3. The number of rotatable bonds is 15. The zero-order valence-electron chi connectivity index (χ0n) is 42.4. The molecule has 0 radical (unpaired) electrons. The lowest BCUT2D eigenvalue weighted by atomic mass is 9.85. The Hall–Kier alpha value is -5.41. The number of carbonyl (C=O) groups excluding carboxylic acids is 3. The number of piperidine rings is 2. The molecule has 17 heteroatoms. The molecule has 3 N–H and O–H groups in total. The molecule has 4 saturated heterocycles. The quantitative estimate of drug-likeness (QED) is 0.0674. The molecule has 0 bridgehead atoms. The van der Waals surface area contributed by atoms with E-state index in [1.807, 2.05) is 39.0 Å². The zero-order valence-corrected chi connectivity index (χ0v) is 44.8. The van der Waals surface area contributed by atoms with Gasteiger partial charge in [0.25, 0.3) is 0 Å². The van der Waals surface area contributed by atoms with E-state index in [9.17, 15) is 18.9 Å². The van der Waals surface area contributed by atoms with Crippen molar-refractivity contribution >= 4 is 91.5 Å². The number of imide groups is 1. The molecule has 0 spiro atoms. The number of amides is 3. The lowest BCUT2D eigenvalue weighted by Crippen LogP contribution is -2.55. The highest BCUT2D eigenvalue weighted by Gasteiger charge is 2.49. The van der Waals surface area contributed by atoms with Gasteiger partial charge < -0.3 is 29.7 Å². The van der Waals surface area contributed by atoms with Gasteiger partial charge in [0.2, 0.25) is 23.7 Å². The Bertz CT molecular complexity index is 2940. The number of nitrogens with one attached hydrogen (secondary N) is 3. The van der Waals surface area contributed by atoms with E-state index in [-0.39, 0.29) is 18.2 Å². The summed E-state index contributed by atoms with van der Waals surface area (Å²) >= 11 is 3.69. The molecule has 3 amide bonds. The van der Waals surface area contributed by atoms with Gasteiger partial charge in [-0.3, -0.25) is 34.5 Å². The molecule has 1 unspecified atom stereocenters. The van der Waals surface area contributed by atoms with Crippen molar-refractivity contribution in [2.75, 3.05) is 85.2 Å². The van der Waals surface area contributed by atoms with Crippen LogP contribution in [0.5, 0.6) is 5.75 Å². The van der Waals surface area contributed by atoms with Gasteiger partial charge in [-0.05, 0) is 135 Å². The van der Waals surface area contributed by atoms with E-state index in [0.717, 1.165) is 141 Å². The Morgan fingerprint density at radius 3 is 2.35 bits per heavy atom. The third-order valence-electron chi connectivity index (χ3n) is 15.8. The highest BCUT2D eigenvalue weighted by Crippen LogP contribution is 2.54. The fourth-order valence-electron chi connectivity index (χ4n) is 11.7. The minimum atomic E-state index is -2.65. The van der Waals surface area contributed by atoms with E-state index in [1.54, 1.807) is 11.1 Å². The monoisotopic (exact) mass is 1060 g/mol. The van der Waals surface area contributed by atoms with Gasteiger partial charge in [-0.1, -0.05) is 32.0 Å². The van der Waals surface area contributed by atoms with Crippen LogP contribution in [-0.4, -0.2) is 119 Å². The standard InChI is InChI=1S/C55H68BrN10O5P/c1-6-36-32-44(60-54-57-34-41(56)51(62-54)59-43-15-14-42-39(13-12-37(7-2)58-42)50(43)72(70)29-9-10-30-72)48(71-8-3)33-47(36)65-23-20-38(21-24-65)64-27-25-63(26-28-64)22-19-35-11-16-45-40(31-35)55(4,5)53(69)66(45)46-17-18-49(67)61-52(46)68/h11-16,31-34,38,46H,6-10,17-30H2,1-5H3,(H,61,67,68)(H2,57,59,60,62). The summed E-state index contributed by atoms with van der Waals surface area (Å²) in [7, 11) is -2.65. The third-order valence-corrected chi connectivity index (χ3v) is 19.7. The SMILES string of the molecule is CCOc1cc(N2CCC(N3CCN(CCc4ccc5c(c4)C(C)(C)C(=O)N5C4CCC(=O)NC4=O)CC3)CC2)c(CC)cc1Nc1ncc(Br)c(Nc2ccc3nc(CC)ccc3c2P2(=O)CCCC2)n1. The van der Waals surface area contributed by atoms with Crippen molar-refractivity contribution in [3.05, 3.63) is 87.7 Å². The van der Waals surface area contributed by atoms with Crippen molar-refractivity contribution < 1.29 is 23.7 Å². The maximum Gasteiger partial charge on any atom is 0.249 e. The fourth-order valence-corrected chi connectivity index (χ4v) is 15.3. The number of hydrogen-bond donors (Lipinski definition) is 3. The van der Waals surface area contributed by atoms with Gasteiger partial charge in [0, 0.05) is 111 Å². The Kier molecular flexibility index (Phi) is 14.5. The fraction of sp³-hybridized carbons (Fsp3) is 0.491. The van der Waals surface area contributed by atoms with Gasteiger partial charge >= 0.3 is 0 Å². The molecule has 15 nitrogen and oxygen atoms in total. The topological polar surface area (TPSA) is 165 Å². The van der Waals surface area contributed by atoms with Gasteiger partial charge in [-0.15, -0.1) is 0 Å². The van der Waals surface area contributed by atoms with Crippen LogP contribution in [-0.2, 0) is 43.6 Å². The van der Waals surface area contributed by atoms with Crippen molar-refractivity contribution in [2.24, 2.45) is 0 Å². The van der Waals surface area contributed by atoms with Crippen LogP contribution in [0.25, 0.3) is 10.9 Å². The van der Waals surface area contributed by atoms with Crippen molar-refractivity contribution in [2.45, 2.75) is 110 Å². The molecule has 3 aromatic carbocycles. The lowest BCUT2D eigenvalue weighted by Gasteiger charge is -2.43. The molecule has 380 valence electrons. The summed E-state index contributed by atoms with van der Waals surface area (Å²) in [5.74, 6) is 0.984. The smallest absolute Gasteiger partial charge is 0.249 e. The maximum atomic E-state index is 14.6. The summed E-state index contributed by atoms with van der Waals surface area (Å²) in [5, 5.41) is 11.3. The molecule has 0 aliphatic carbocycles. The average molecular weight is 1060 g/mol. The largest absolute Gasteiger partial charge is 0.492 e. The number of anilines is 6. The predicted molar refractivity (Wildman–Crippen MR) is 291 cm³/mol. The van der Waals surface area contributed by atoms with Gasteiger partial charge in [-0.2, -0.15) is 4.98 Å². The van der Waals surface area contributed by atoms with Gasteiger partial charge in [0.05, 0.1) is 33.4 Å². The van der Waals surface area contributed by atoms with Crippen LogP contribution in [0.2, 0.25) is 0 Å². The minimum absolute atomic E-state index is 0.0920. The first kappa shape index (κ1) is 50.1. The van der Waals surface area contributed by atoms with Crippen molar-refractivity contribution in [1.82, 2.24) is 30.1 Å². The van der Waals surface area contributed by atoms with Crippen LogP contribution in [0.15, 0.2) is 65.3 Å². The number of aromatic nitrogens is 3. The number of piperazine rings is 1. The second-order valence-electron chi connectivity index (χ2n) is 20.6. The number of pyridine rings is 1. The first-order valence-electron chi connectivity index (χ1n) is 26.2. The number of aryl methyl sites for hydroxylation is 2. The molecule has 5 aliphatic heterocycles. The van der Waals surface area contributed by atoms with Gasteiger partial charge in [-0.25, -0.2) is 4.98 Å². The summed E-state index contributed by atoms with van der Waals surface area (Å²) in [6.07, 6.45) is 10.4. The Labute approximate surface area is 431 Å². The van der Waals surface area contributed by atoms with Crippen molar-refractivity contribution in [3.8, 4) is 5.75 Å². The van der Waals surface area contributed by atoms with Gasteiger partial charge in [0.15, 0.2) is 0 Å². The number of fused-ring (bicyclic) bond motifs is 2. The molecule has 72 heavy (non-hydrogen) atoms. The van der Waals surface area contributed by atoms with E-state index >= 15 is 0 Å².